The molecule has 40 heavy (non-hydrogen) atoms. The molecule has 0 bridgehead atoms. The first-order chi connectivity index (χ1) is 19.1. The standard InChI is InChI=1S/C28H38N4O7S/c1-3-4-10-32(21-7-5-6-19(11-21)14-29)27(35)16-31-15-22(20-12-25(34)28-26(13-20)38-18-39-28)23(17-33)24(31)8-9-30-40(2,36)37/h5-7,11-13,17,22-24,30,34H,3-4,8-10,14-16,18,29H2,1-2H3/t22-,23-,24+/m1/s1. The number of aromatic hydroxyl groups is 1. The quantitative estimate of drug-likeness (QED) is 0.305. The van der Waals surface area contributed by atoms with E-state index < -0.39 is 22.0 Å². The number of aldehydes is 1. The summed E-state index contributed by atoms with van der Waals surface area (Å²) < 4.78 is 36.8. The maximum atomic E-state index is 13.8. The Morgan fingerprint density at radius 3 is 2.77 bits per heavy atom. The largest absolute Gasteiger partial charge is 0.504 e. The highest BCUT2D eigenvalue weighted by Gasteiger charge is 2.43. The lowest BCUT2D eigenvalue weighted by Crippen LogP contribution is -2.45. The minimum Gasteiger partial charge on any atom is -0.504 e. The Kier molecular flexibility index (Phi) is 9.67. The van der Waals surface area contributed by atoms with Crippen molar-refractivity contribution in [2.45, 2.75) is 44.7 Å². The van der Waals surface area contributed by atoms with Crippen molar-refractivity contribution in [1.82, 2.24) is 9.62 Å². The molecule has 1 amide bonds. The van der Waals surface area contributed by atoms with Crippen LogP contribution in [0.25, 0.3) is 0 Å². The molecule has 2 aliphatic rings. The van der Waals surface area contributed by atoms with E-state index in [1.54, 1.807) is 17.0 Å². The first-order valence-corrected chi connectivity index (χ1v) is 15.4. The number of likely N-dealkylation sites (tertiary alicyclic amines) is 1. The summed E-state index contributed by atoms with van der Waals surface area (Å²) in [6.45, 7) is 3.47. The van der Waals surface area contributed by atoms with E-state index in [9.17, 15) is 23.1 Å². The van der Waals surface area contributed by atoms with E-state index in [2.05, 4.69) is 11.6 Å². The van der Waals surface area contributed by atoms with Gasteiger partial charge in [0.05, 0.1) is 12.8 Å². The first kappa shape index (κ1) is 29.8. The van der Waals surface area contributed by atoms with E-state index in [0.717, 1.165) is 36.6 Å². The fourth-order valence-electron chi connectivity index (χ4n) is 5.53. The number of carbonyl (C=O) groups is 2. The second kappa shape index (κ2) is 13.0. The number of carbonyl (C=O) groups excluding carboxylic acids is 2. The van der Waals surface area contributed by atoms with E-state index in [4.69, 9.17) is 15.2 Å². The number of sulfonamides is 1. The number of nitrogens with zero attached hydrogens (tertiary/aromatic N) is 2. The minimum absolute atomic E-state index is 0.00646. The molecule has 0 spiro atoms. The molecule has 0 unspecified atom stereocenters. The van der Waals surface area contributed by atoms with Crippen molar-refractivity contribution >= 4 is 27.9 Å². The van der Waals surface area contributed by atoms with Crippen molar-refractivity contribution in [3.8, 4) is 17.2 Å². The summed E-state index contributed by atoms with van der Waals surface area (Å²) in [5.74, 6) is -0.434. The van der Waals surface area contributed by atoms with E-state index in [0.29, 0.717) is 37.4 Å². The van der Waals surface area contributed by atoms with Crippen molar-refractivity contribution in [3.05, 3.63) is 47.5 Å². The summed E-state index contributed by atoms with van der Waals surface area (Å²) in [6, 6.07) is 10.5. The molecule has 4 N–H and O–H groups in total. The highest BCUT2D eigenvalue weighted by atomic mass is 32.2. The van der Waals surface area contributed by atoms with Crippen molar-refractivity contribution < 1.29 is 32.6 Å². The Labute approximate surface area is 235 Å². The summed E-state index contributed by atoms with van der Waals surface area (Å²) >= 11 is 0. The van der Waals surface area contributed by atoms with Gasteiger partial charge in [-0.15, -0.1) is 0 Å². The summed E-state index contributed by atoms with van der Waals surface area (Å²) in [6.07, 6.45) is 4.00. The number of fused-ring (bicyclic) bond motifs is 1. The molecule has 0 aliphatic carbocycles. The van der Waals surface area contributed by atoms with Gasteiger partial charge in [-0.1, -0.05) is 25.5 Å². The normalized spacial score (nSPS) is 20.5. The number of hydrogen-bond donors (Lipinski definition) is 3. The number of unbranched alkanes of at least 4 members (excludes halogenated alkanes) is 1. The molecule has 218 valence electrons. The van der Waals surface area contributed by atoms with Crippen LogP contribution in [0.1, 0.15) is 43.2 Å². The van der Waals surface area contributed by atoms with E-state index in [-0.39, 0.29) is 43.2 Å². The van der Waals surface area contributed by atoms with Gasteiger partial charge >= 0.3 is 0 Å². The number of nitrogens with one attached hydrogen (secondary N) is 1. The third-order valence-corrected chi connectivity index (χ3v) is 8.24. The Hall–Kier alpha value is -3.19. The predicted molar refractivity (Wildman–Crippen MR) is 151 cm³/mol. The molecule has 2 aliphatic heterocycles. The summed E-state index contributed by atoms with van der Waals surface area (Å²) in [5, 5.41) is 10.5. The van der Waals surface area contributed by atoms with Crippen LogP contribution in [-0.4, -0.2) is 75.9 Å². The number of hydrogen-bond acceptors (Lipinski definition) is 9. The van der Waals surface area contributed by atoms with Gasteiger partial charge in [0.1, 0.15) is 6.29 Å². The number of phenols is 1. The molecule has 4 rings (SSSR count). The molecule has 1 fully saturated rings. The molecule has 0 aromatic heterocycles. The van der Waals surface area contributed by atoms with Gasteiger partial charge in [0.2, 0.25) is 28.5 Å². The van der Waals surface area contributed by atoms with E-state index in [1.807, 2.05) is 29.2 Å². The average Bonchev–Trinajstić information content (AvgIpc) is 3.53. The number of phenolic OH excluding ortho intramolecular Hbond substituents is 1. The average molecular weight is 575 g/mol. The first-order valence-electron chi connectivity index (χ1n) is 13.5. The van der Waals surface area contributed by atoms with Gasteiger partial charge in [0.25, 0.3) is 0 Å². The Bertz CT molecular complexity index is 1320. The Morgan fingerprint density at radius 2 is 2.08 bits per heavy atom. The lowest BCUT2D eigenvalue weighted by molar-refractivity contribution is -0.120. The van der Waals surface area contributed by atoms with Crippen LogP contribution in [-0.2, 0) is 26.2 Å². The third kappa shape index (κ3) is 6.92. The van der Waals surface area contributed by atoms with Crippen LogP contribution in [0.2, 0.25) is 0 Å². The highest BCUT2D eigenvalue weighted by Crippen LogP contribution is 2.46. The van der Waals surface area contributed by atoms with E-state index >= 15 is 0 Å². The van der Waals surface area contributed by atoms with Gasteiger partial charge in [-0.05, 0) is 48.2 Å². The van der Waals surface area contributed by atoms with Crippen LogP contribution < -0.4 is 24.8 Å². The van der Waals surface area contributed by atoms with Crippen LogP contribution in [0.3, 0.4) is 0 Å². The van der Waals surface area contributed by atoms with Gasteiger partial charge in [-0.2, -0.15) is 0 Å². The molecular formula is C28H38N4O7S. The number of ether oxygens (including phenoxy) is 2. The zero-order chi connectivity index (χ0) is 28.9. The van der Waals surface area contributed by atoms with Crippen LogP contribution in [0.5, 0.6) is 17.2 Å². The van der Waals surface area contributed by atoms with E-state index in [1.165, 1.54) is 0 Å². The minimum atomic E-state index is -3.43. The molecule has 2 aromatic rings. The van der Waals surface area contributed by atoms with Gasteiger partial charge in [0, 0.05) is 49.7 Å². The number of amides is 1. The maximum Gasteiger partial charge on any atom is 0.241 e. The third-order valence-electron chi connectivity index (χ3n) is 7.51. The Morgan fingerprint density at radius 1 is 1.27 bits per heavy atom. The summed E-state index contributed by atoms with van der Waals surface area (Å²) in [5.41, 5.74) is 8.21. The highest BCUT2D eigenvalue weighted by molar-refractivity contribution is 7.88. The van der Waals surface area contributed by atoms with Crippen LogP contribution in [0, 0.1) is 5.92 Å². The second-order valence-electron chi connectivity index (χ2n) is 10.3. The molecule has 1 saturated heterocycles. The molecule has 11 nitrogen and oxygen atoms in total. The van der Waals surface area contributed by atoms with Gasteiger partial charge < -0.3 is 30.0 Å². The van der Waals surface area contributed by atoms with Gasteiger partial charge in [-0.3, -0.25) is 9.69 Å². The number of anilines is 1. The smallest absolute Gasteiger partial charge is 0.241 e. The molecule has 0 radical (unpaired) electrons. The van der Waals surface area contributed by atoms with Crippen LogP contribution >= 0.6 is 0 Å². The van der Waals surface area contributed by atoms with Crippen LogP contribution in [0.15, 0.2) is 36.4 Å². The SMILES string of the molecule is CCCCN(C(=O)CN1C[C@H](c2cc(O)c3c(c2)OCO3)[C@@H](C=O)[C@@H]1CCNS(C)(=O)=O)c1cccc(CN)c1. The Balaban J connectivity index is 1.62. The summed E-state index contributed by atoms with van der Waals surface area (Å²) in [7, 11) is -3.43. The van der Waals surface area contributed by atoms with Crippen molar-refractivity contribution in [1.29, 1.82) is 0 Å². The topological polar surface area (TPSA) is 152 Å². The lowest BCUT2D eigenvalue weighted by atomic mass is 9.85. The molecule has 3 atom stereocenters. The zero-order valence-electron chi connectivity index (χ0n) is 22.9. The zero-order valence-corrected chi connectivity index (χ0v) is 23.7. The number of benzene rings is 2. The van der Waals surface area contributed by atoms with Crippen LogP contribution in [0.4, 0.5) is 5.69 Å². The number of rotatable bonds is 13. The molecule has 0 saturated carbocycles. The van der Waals surface area contributed by atoms with Gasteiger partial charge in [0.15, 0.2) is 11.5 Å². The molecule has 2 aromatic carbocycles. The number of nitrogens with two attached hydrogens (primary N) is 1. The monoisotopic (exact) mass is 574 g/mol. The molecule has 12 heteroatoms. The predicted octanol–water partition coefficient (Wildman–Crippen LogP) is 1.94. The molecular weight excluding hydrogens is 536 g/mol. The second-order valence-corrected chi connectivity index (χ2v) is 12.2. The van der Waals surface area contributed by atoms with Crippen molar-refractivity contribution in [3.63, 3.8) is 0 Å². The maximum absolute atomic E-state index is 13.8. The summed E-state index contributed by atoms with van der Waals surface area (Å²) in [4.78, 5) is 30.0. The fraction of sp³-hybridized carbons (Fsp3) is 0.500. The molecule has 2 heterocycles. The van der Waals surface area contributed by atoms with Crippen molar-refractivity contribution in [2.24, 2.45) is 11.7 Å². The van der Waals surface area contributed by atoms with Gasteiger partial charge in [-0.25, -0.2) is 13.1 Å². The van der Waals surface area contributed by atoms with Crippen molar-refractivity contribution in [2.75, 3.05) is 44.1 Å². The fourth-order valence-corrected chi connectivity index (χ4v) is 6.02. The lowest BCUT2D eigenvalue weighted by Gasteiger charge is -2.30.